The molecule has 0 atom stereocenters. The molecule has 0 radical (unpaired) electrons. The third kappa shape index (κ3) is 3.41. The number of benzene rings is 1. The summed E-state index contributed by atoms with van der Waals surface area (Å²) in [5, 5.41) is 0. The minimum absolute atomic E-state index is 0.239. The van der Waals surface area contributed by atoms with Crippen LogP contribution in [0.1, 0.15) is 24.6 Å². The average Bonchev–Trinajstić information content (AvgIpc) is 3.10. The highest BCUT2D eigenvalue weighted by Crippen LogP contribution is 2.32. The van der Waals surface area contributed by atoms with Crippen LogP contribution < -0.4 is 9.64 Å². The van der Waals surface area contributed by atoms with Crippen molar-refractivity contribution < 1.29 is 17.9 Å². The van der Waals surface area contributed by atoms with E-state index in [2.05, 4.69) is 19.5 Å². The van der Waals surface area contributed by atoms with E-state index in [9.17, 15) is 13.2 Å². The standard InChI is InChI=1S/C18H18F3N5O/c1-27-13-2-3-15-14(8-13)24-11-26(15)12-4-6-25(7-5-12)17-9-16(18(19,20)21)22-10-23-17/h2-3,8-12H,4-7H2,1H3. The van der Waals surface area contributed by atoms with Crippen molar-refractivity contribution in [3.05, 3.63) is 42.6 Å². The topological polar surface area (TPSA) is 56.1 Å². The van der Waals surface area contributed by atoms with E-state index in [1.54, 1.807) is 7.11 Å². The van der Waals surface area contributed by atoms with Gasteiger partial charge in [-0.1, -0.05) is 0 Å². The molecule has 1 aliphatic heterocycles. The van der Waals surface area contributed by atoms with Crippen molar-refractivity contribution in [1.29, 1.82) is 0 Å². The van der Waals surface area contributed by atoms with E-state index in [1.165, 1.54) is 0 Å². The maximum atomic E-state index is 12.9. The number of aromatic nitrogens is 4. The van der Waals surface area contributed by atoms with Gasteiger partial charge < -0.3 is 14.2 Å². The molecule has 27 heavy (non-hydrogen) atoms. The van der Waals surface area contributed by atoms with Gasteiger partial charge in [-0.2, -0.15) is 13.2 Å². The minimum atomic E-state index is -4.47. The van der Waals surface area contributed by atoms with Crippen LogP contribution in [-0.4, -0.2) is 39.7 Å². The van der Waals surface area contributed by atoms with Crippen LogP contribution in [0.5, 0.6) is 5.75 Å². The summed E-state index contributed by atoms with van der Waals surface area (Å²) in [4.78, 5) is 13.7. The molecule has 0 N–H and O–H groups in total. The van der Waals surface area contributed by atoms with Crippen LogP contribution in [-0.2, 0) is 6.18 Å². The molecule has 9 heteroatoms. The normalized spacial score (nSPS) is 16.1. The van der Waals surface area contributed by atoms with E-state index < -0.39 is 11.9 Å². The number of hydrogen-bond acceptors (Lipinski definition) is 5. The van der Waals surface area contributed by atoms with Gasteiger partial charge in [0.2, 0.25) is 0 Å². The zero-order chi connectivity index (χ0) is 19.0. The maximum Gasteiger partial charge on any atom is 0.433 e. The third-order valence-electron chi connectivity index (χ3n) is 4.91. The first kappa shape index (κ1) is 17.6. The summed E-state index contributed by atoms with van der Waals surface area (Å²) in [5.74, 6) is 1.07. The molecule has 142 valence electrons. The molecule has 0 unspecified atom stereocenters. The largest absolute Gasteiger partial charge is 0.497 e. The van der Waals surface area contributed by atoms with Crippen LogP contribution in [0.4, 0.5) is 19.0 Å². The van der Waals surface area contributed by atoms with Crippen molar-refractivity contribution in [1.82, 2.24) is 19.5 Å². The Hall–Kier alpha value is -2.84. The number of alkyl halides is 3. The molecule has 1 aliphatic rings. The van der Waals surface area contributed by atoms with Gasteiger partial charge in [0.25, 0.3) is 0 Å². The quantitative estimate of drug-likeness (QED) is 0.697. The summed E-state index contributed by atoms with van der Waals surface area (Å²) in [6.45, 7) is 1.24. The molecule has 3 aromatic rings. The first-order chi connectivity index (χ1) is 13.0. The number of methoxy groups -OCH3 is 1. The summed E-state index contributed by atoms with van der Waals surface area (Å²) in [6.07, 6.45) is -0.0869. The number of hydrogen-bond donors (Lipinski definition) is 0. The van der Waals surface area contributed by atoms with Crippen LogP contribution in [0.3, 0.4) is 0 Å². The lowest BCUT2D eigenvalue weighted by Crippen LogP contribution is -2.35. The molecule has 0 saturated carbocycles. The van der Waals surface area contributed by atoms with Crippen LogP contribution in [0.2, 0.25) is 0 Å². The zero-order valence-corrected chi connectivity index (χ0v) is 14.6. The second-order valence-corrected chi connectivity index (χ2v) is 6.48. The lowest BCUT2D eigenvalue weighted by atomic mass is 10.0. The molecule has 1 fully saturated rings. The highest BCUT2D eigenvalue weighted by Gasteiger charge is 2.33. The molecule has 1 saturated heterocycles. The summed E-state index contributed by atoms with van der Waals surface area (Å²) in [7, 11) is 1.62. The van der Waals surface area contributed by atoms with Crippen molar-refractivity contribution in [2.45, 2.75) is 25.1 Å². The highest BCUT2D eigenvalue weighted by atomic mass is 19.4. The van der Waals surface area contributed by atoms with Gasteiger partial charge >= 0.3 is 6.18 Å². The monoisotopic (exact) mass is 377 g/mol. The molecule has 6 nitrogen and oxygen atoms in total. The fraction of sp³-hybridized carbons (Fsp3) is 0.389. The van der Waals surface area contributed by atoms with Crippen LogP contribution >= 0.6 is 0 Å². The second kappa shape index (κ2) is 6.71. The first-order valence-electron chi connectivity index (χ1n) is 8.60. The van der Waals surface area contributed by atoms with Gasteiger partial charge in [-0.25, -0.2) is 15.0 Å². The molecule has 4 rings (SSSR count). The van der Waals surface area contributed by atoms with E-state index in [4.69, 9.17) is 4.74 Å². The number of anilines is 1. The van der Waals surface area contributed by atoms with Crippen molar-refractivity contribution in [3.63, 3.8) is 0 Å². The van der Waals surface area contributed by atoms with Crippen LogP contribution in [0.25, 0.3) is 11.0 Å². The highest BCUT2D eigenvalue weighted by molar-refractivity contribution is 5.77. The predicted molar refractivity (Wildman–Crippen MR) is 93.8 cm³/mol. The molecule has 3 heterocycles. The lowest BCUT2D eigenvalue weighted by Gasteiger charge is -2.33. The van der Waals surface area contributed by atoms with E-state index in [0.29, 0.717) is 18.9 Å². The van der Waals surface area contributed by atoms with Gasteiger partial charge in [-0.15, -0.1) is 0 Å². The molecule has 0 spiro atoms. The van der Waals surface area contributed by atoms with Gasteiger partial charge in [0.05, 0.1) is 24.5 Å². The molecular weight excluding hydrogens is 359 g/mol. The lowest BCUT2D eigenvalue weighted by molar-refractivity contribution is -0.141. The van der Waals surface area contributed by atoms with E-state index in [1.807, 2.05) is 29.4 Å². The fourth-order valence-electron chi connectivity index (χ4n) is 3.48. The smallest absolute Gasteiger partial charge is 0.433 e. The Kier molecular flexibility index (Phi) is 4.37. The Labute approximate surface area is 153 Å². The summed E-state index contributed by atoms with van der Waals surface area (Å²) >= 11 is 0. The molecule has 0 aliphatic carbocycles. The van der Waals surface area contributed by atoms with E-state index in [0.717, 1.165) is 42.0 Å². The number of piperidine rings is 1. The number of ether oxygens (including phenoxy) is 1. The number of halogens is 3. The summed E-state index contributed by atoms with van der Waals surface area (Å²) < 4.78 is 45.9. The SMILES string of the molecule is COc1ccc2c(c1)ncn2C1CCN(c2cc(C(F)(F)F)ncn2)CC1. The molecule has 2 aromatic heterocycles. The third-order valence-corrected chi connectivity index (χ3v) is 4.91. The molecule has 1 aromatic carbocycles. The molecule has 0 amide bonds. The Morgan fingerprint density at radius 3 is 2.56 bits per heavy atom. The van der Waals surface area contributed by atoms with E-state index >= 15 is 0 Å². The predicted octanol–water partition coefficient (Wildman–Crippen LogP) is 3.70. The van der Waals surface area contributed by atoms with Gasteiger partial charge in [0.1, 0.15) is 23.6 Å². The maximum absolute atomic E-state index is 12.9. The zero-order valence-electron chi connectivity index (χ0n) is 14.6. The van der Waals surface area contributed by atoms with Crippen LogP contribution in [0.15, 0.2) is 36.9 Å². The fourth-order valence-corrected chi connectivity index (χ4v) is 3.48. The van der Waals surface area contributed by atoms with Crippen molar-refractivity contribution >= 4 is 16.9 Å². The number of nitrogens with zero attached hydrogens (tertiary/aromatic N) is 5. The van der Waals surface area contributed by atoms with Gasteiger partial charge in [-0.3, -0.25) is 0 Å². The van der Waals surface area contributed by atoms with E-state index in [-0.39, 0.29) is 6.04 Å². The Balaban J connectivity index is 1.50. The molecule has 0 bridgehead atoms. The summed E-state index contributed by atoms with van der Waals surface area (Å²) in [5.41, 5.74) is 0.974. The number of imidazole rings is 1. The van der Waals surface area contributed by atoms with Crippen molar-refractivity contribution in [2.24, 2.45) is 0 Å². The van der Waals surface area contributed by atoms with Gasteiger partial charge in [0.15, 0.2) is 0 Å². The van der Waals surface area contributed by atoms with Crippen molar-refractivity contribution in [2.75, 3.05) is 25.1 Å². The minimum Gasteiger partial charge on any atom is -0.497 e. The van der Waals surface area contributed by atoms with Gasteiger partial charge in [-0.05, 0) is 25.0 Å². The van der Waals surface area contributed by atoms with Gasteiger partial charge in [0, 0.05) is 31.3 Å². The molecular formula is C18H18F3N5O. The average molecular weight is 377 g/mol. The number of rotatable bonds is 3. The summed E-state index contributed by atoms with van der Waals surface area (Å²) in [6, 6.07) is 7.02. The second-order valence-electron chi connectivity index (χ2n) is 6.48. The van der Waals surface area contributed by atoms with Crippen molar-refractivity contribution in [3.8, 4) is 5.75 Å². The number of fused-ring (bicyclic) bond motifs is 1. The Morgan fingerprint density at radius 1 is 1.07 bits per heavy atom. The first-order valence-corrected chi connectivity index (χ1v) is 8.60. The van der Waals surface area contributed by atoms with Crippen LogP contribution in [0, 0.1) is 0 Å². The Morgan fingerprint density at radius 2 is 1.85 bits per heavy atom. The Bertz CT molecular complexity index is 948.